The zero-order valence-electron chi connectivity index (χ0n) is 15.9. The summed E-state index contributed by atoms with van der Waals surface area (Å²) in [6.07, 6.45) is 3.17. The molecular formula is C23H20N2O4. The lowest BCUT2D eigenvalue weighted by atomic mass is 10.1. The van der Waals surface area contributed by atoms with Gasteiger partial charge in [0.25, 0.3) is 11.6 Å². The average molecular weight is 388 g/mol. The van der Waals surface area contributed by atoms with E-state index in [2.05, 4.69) is 0 Å². The van der Waals surface area contributed by atoms with Gasteiger partial charge in [-0.25, -0.2) is 0 Å². The molecule has 0 atom stereocenters. The summed E-state index contributed by atoms with van der Waals surface area (Å²) < 4.78 is 5.40. The molecule has 0 bridgehead atoms. The Bertz CT molecular complexity index is 1030. The van der Waals surface area contributed by atoms with E-state index in [1.807, 2.05) is 30.3 Å². The first-order chi connectivity index (χ1) is 14.1. The third-order valence-corrected chi connectivity index (χ3v) is 4.38. The average Bonchev–Trinajstić information content (AvgIpc) is 2.76. The molecule has 0 aliphatic rings. The number of hydrogen-bond acceptors (Lipinski definition) is 4. The van der Waals surface area contributed by atoms with E-state index >= 15 is 0 Å². The number of amides is 1. The Morgan fingerprint density at radius 2 is 1.66 bits per heavy atom. The van der Waals surface area contributed by atoms with Gasteiger partial charge in [0.2, 0.25) is 0 Å². The molecule has 0 aliphatic carbocycles. The third kappa shape index (κ3) is 4.87. The molecule has 6 heteroatoms. The Hall–Kier alpha value is -3.93. The largest absolute Gasteiger partial charge is 0.495 e. The van der Waals surface area contributed by atoms with Crippen LogP contribution in [0.1, 0.15) is 11.1 Å². The number of methoxy groups -OCH3 is 1. The highest BCUT2D eigenvalue weighted by atomic mass is 16.6. The van der Waals surface area contributed by atoms with Gasteiger partial charge in [0.15, 0.2) is 0 Å². The number of anilines is 1. The van der Waals surface area contributed by atoms with Gasteiger partial charge in [0.05, 0.1) is 24.3 Å². The summed E-state index contributed by atoms with van der Waals surface area (Å²) >= 11 is 0. The van der Waals surface area contributed by atoms with Crippen LogP contribution in [0.5, 0.6) is 5.75 Å². The van der Waals surface area contributed by atoms with E-state index in [1.54, 1.807) is 48.5 Å². The van der Waals surface area contributed by atoms with Crippen LogP contribution in [0.15, 0.2) is 84.9 Å². The van der Waals surface area contributed by atoms with Crippen LogP contribution >= 0.6 is 0 Å². The monoisotopic (exact) mass is 388 g/mol. The van der Waals surface area contributed by atoms with Crippen LogP contribution in [0.25, 0.3) is 6.08 Å². The van der Waals surface area contributed by atoms with Crippen molar-refractivity contribution in [2.24, 2.45) is 0 Å². The van der Waals surface area contributed by atoms with Gasteiger partial charge in [0.1, 0.15) is 5.75 Å². The summed E-state index contributed by atoms with van der Waals surface area (Å²) in [6, 6.07) is 22.9. The van der Waals surface area contributed by atoms with E-state index in [4.69, 9.17) is 4.74 Å². The highest BCUT2D eigenvalue weighted by Gasteiger charge is 2.22. The molecular weight excluding hydrogens is 368 g/mol. The van der Waals surface area contributed by atoms with Gasteiger partial charge in [-0.1, -0.05) is 60.7 Å². The number of nitro benzene ring substituents is 1. The zero-order valence-corrected chi connectivity index (χ0v) is 15.9. The molecule has 0 unspecified atom stereocenters. The minimum atomic E-state index is -0.444. The summed E-state index contributed by atoms with van der Waals surface area (Å²) in [5.41, 5.74) is 1.82. The molecule has 1 amide bonds. The second-order valence-corrected chi connectivity index (χ2v) is 6.23. The first-order valence-electron chi connectivity index (χ1n) is 9.00. The number of para-hydroxylation sites is 3. The zero-order chi connectivity index (χ0) is 20.6. The van der Waals surface area contributed by atoms with Crippen molar-refractivity contribution >= 4 is 23.4 Å². The number of nitrogens with zero attached hydrogens (tertiary/aromatic N) is 2. The number of carbonyl (C=O) groups is 1. The Morgan fingerprint density at radius 3 is 2.38 bits per heavy atom. The molecule has 3 aromatic carbocycles. The number of rotatable bonds is 7. The van der Waals surface area contributed by atoms with Crippen LogP contribution in [-0.4, -0.2) is 17.9 Å². The van der Waals surface area contributed by atoms with Crippen LogP contribution < -0.4 is 9.64 Å². The maximum Gasteiger partial charge on any atom is 0.274 e. The summed E-state index contributed by atoms with van der Waals surface area (Å²) in [7, 11) is 1.52. The summed E-state index contributed by atoms with van der Waals surface area (Å²) in [4.78, 5) is 25.5. The van der Waals surface area contributed by atoms with Crippen LogP contribution in [0.4, 0.5) is 11.4 Å². The number of ether oxygens (including phenoxy) is 1. The van der Waals surface area contributed by atoms with Gasteiger partial charge in [-0.2, -0.15) is 0 Å². The fourth-order valence-electron chi connectivity index (χ4n) is 2.95. The van der Waals surface area contributed by atoms with Gasteiger partial charge < -0.3 is 9.64 Å². The van der Waals surface area contributed by atoms with Gasteiger partial charge in [-0.3, -0.25) is 14.9 Å². The smallest absolute Gasteiger partial charge is 0.274 e. The first kappa shape index (κ1) is 19.8. The van der Waals surface area contributed by atoms with Gasteiger partial charge >= 0.3 is 0 Å². The van der Waals surface area contributed by atoms with E-state index < -0.39 is 4.92 Å². The van der Waals surface area contributed by atoms with Crippen molar-refractivity contribution in [1.29, 1.82) is 0 Å². The standard InChI is InChI=1S/C23H20N2O4/c1-29-22-14-8-7-13-21(22)24(17-19-11-5-6-12-20(19)25(27)28)23(26)16-15-18-9-3-2-4-10-18/h2-16H,17H2,1H3/b16-15+. The predicted octanol–water partition coefficient (Wildman–Crippen LogP) is 4.85. The molecule has 3 aromatic rings. The minimum Gasteiger partial charge on any atom is -0.495 e. The number of nitro groups is 1. The molecule has 0 fully saturated rings. The normalized spacial score (nSPS) is 10.7. The van der Waals surface area contributed by atoms with E-state index in [-0.39, 0.29) is 18.1 Å². The Balaban J connectivity index is 1.99. The SMILES string of the molecule is COc1ccccc1N(Cc1ccccc1[N+](=O)[O-])C(=O)/C=C/c1ccccc1. The minimum absolute atomic E-state index is 0.0350. The van der Waals surface area contributed by atoms with E-state index in [9.17, 15) is 14.9 Å². The molecule has 3 rings (SSSR count). The van der Waals surface area contributed by atoms with E-state index in [0.717, 1.165) is 5.56 Å². The summed E-state index contributed by atoms with van der Waals surface area (Å²) in [5, 5.41) is 11.4. The molecule has 0 radical (unpaired) electrons. The number of benzene rings is 3. The van der Waals surface area contributed by atoms with Gasteiger partial charge in [-0.15, -0.1) is 0 Å². The quantitative estimate of drug-likeness (QED) is 0.329. The maximum atomic E-state index is 13.1. The lowest BCUT2D eigenvalue weighted by Crippen LogP contribution is -2.29. The van der Waals surface area contributed by atoms with Crippen molar-refractivity contribution in [2.45, 2.75) is 6.54 Å². The maximum absolute atomic E-state index is 13.1. The van der Waals surface area contributed by atoms with Crippen LogP contribution in [0, 0.1) is 10.1 Å². The molecule has 0 aromatic heterocycles. The molecule has 0 aliphatic heterocycles. The molecule has 0 N–H and O–H groups in total. The van der Waals surface area contributed by atoms with E-state index in [0.29, 0.717) is 17.0 Å². The highest BCUT2D eigenvalue weighted by Crippen LogP contribution is 2.31. The number of carbonyl (C=O) groups excluding carboxylic acids is 1. The van der Waals surface area contributed by atoms with Crippen molar-refractivity contribution in [3.63, 3.8) is 0 Å². The van der Waals surface area contributed by atoms with E-state index in [1.165, 1.54) is 24.2 Å². The van der Waals surface area contributed by atoms with Gasteiger partial charge in [-0.05, 0) is 23.8 Å². The third-order valence-electron chi connectivity index (χ3n) is 4.38. The molecule has 0 spiro atoms. The predicted molar refractivity (Wildman–Crippen MR) is 113 cm³/mol. The fourth-order valence-corrected chi connectivity index (χ4v) is 2.95. The number of hydrogen-bond donors (Lipinski definition) is 0. The van der Waals surface area contributed by atoms with Gasteiger partial charge in [0, 0.05) is 17.7 Å². The summed E-state index contributed by atoms with van der Waals surface area (Å²) in [5.74, 6) is 0.198. The van der Waals surface area contributed by atoms with Crippen molar-refractivity contribution in [3.05, 3.63) is 106 Å². The molecule has 0 heterocycles. The lowest BCUT2D eigenvalue weighted by Gasteiger charge is -2.23. The Kier molecular flexibility index (Phi) is 6.37. The second-order valence-electron chi connectivity index (χ2n) is 6.23. The van der Waals surface area contributed by atoms with Crippen LogP contribution in [-0.2, 0) is 11.3 Å². The fraction of sp³-hybridized carbons (Fsp3) is 0.0870. The van der Waals surface area contributed by atoms with Crippen LogP contribution in [0.3, 0.4) is 0 Å². The van der Waals surface area contributed by atoms with Crippen molar-refractivity contribution < 1.29 is 14.5 Å². The topological polar surface area (TPSA) is 72.7 Å². The molecule has 0 saturated carbocycles. The highest BCUT2D eigenvalue weighted by molar-refractivity contribution is 6.04. The molecule has 0 saturated heterocycles. The Labute approximate surface area is 168 Å². The second kappa shape index (κ2) is 9.32. The van der Waals surface area contributed by atoms with Crippen molar-refractivity contribution in [1.82, 2.24) is 0 Å². The molecule has 6 nitrogen and oxygen atoms in total. The van der Waals surface area contributed by atoms with Crippen molar-refractivity contribution in [3.8, 4) is 5.75 Å². The van der Waals surface area contributed by atoms with Crippen LogP contribution in [0.2, 0.25) is 0 Å². The Morgan fingerprint density at radius 1 is 1.00 bits per heavy atom. The molecule has 29 heavy (non-hydrogen) atoms. The lowest BCUT2D eigenvalue weighted by molar-refractivity contribution is -0.385. The first-order valence-corrected chi connectivity index (χ1v) is 9.00. The molecule has 146 valence electrons. The summed E-state index contributed by atoms with van der Waals surface area (Å²) in [6.45, 7) is 0.0372. The van der Waals surface area contributed by atoms with Crippen molar-refractivity contribution in [2.75, 3.05) is 12.0 Å².